The van der Waals surface area contributed by atoms with Gasteiger partial charge in [0.25, 0.3) is 0 Å². The van der Waals surface area contributed by atoms with Gasteiger partial charge in [0.2, 0.25) is 0 Å². The summed E-state index contributed by atoms with van der Waals surface area (Å²) in [4.78, 5) is 11.5. The molecule has 4 nitrogen and oxygen atoms in total. The molecule has 4 heteroatoms. The standard InChI is InChI=1S/C14H24N4/c1-4-7-18(13-5-6-13)14-10-16-12(9-17-14)8-15-11(2)3/h9-11,13,15H,4-8H2,1-3H3. The number of aromatic nitrogens is 2. The van der Waals surface area contributed by atoms with E-state index in [1.54, 1.807) is 0 Å². The third-order valence-corrected chi connectivity index (χ3v) is 3.13. The van der Waals surface area contributed by atoms with E-state index < -0.39 is 0 Å². The summed E-state index contributed by atoms with van der Waals surface area (Å²) in [5.41, 5.74) is 1.01. The van der Waals surface area contributed by atoms with Crippen molar-refractivity contribution in [3.8, 4) is 0 Å². The van der Waals surface area contributed by atoms with E-state index in [1.165, 1.54) is 12.8 Å². The van der Waals surface area contributed by atoms with Gasteiger partial charge in [-0.2, -0.15) is 0 Å². The summed E-state index contributed by atoms with van der Waals surface area (Å²) in [6, 6.07) is 1.19. The minimum Gasteiger partial charge on any atom is -0.352 e. The Bertz CT molecular complexity index is 357. The molecule has 0 unspecified atom stereocenters. The van der Waals surface area contributed by atoms with Crippen LogP contribution >= 0.6 is 0 Å². The normalized spacial score (nSPS) is 15.1. The van der Waals surface area contributed by atoms with Crippen LogP contribution in [0.4, 0.5) is 5.82 Å². The number of nitrogens with zero attached hydrogens (tertiary/aromatic N) is 3. The van der Waals surface area contributed by atoms with E-state index in [0.29, 0.717) is 12.1 Å². The van der Waals surface area contributed by atoms with E-state index in [1.807, 2.05) is 12.4 Å². The predicted octanol–water partition coefficient (Wildman–Crippen LogP) is 2.35. The minimum atomic E-state index is 0.481. The molecule has 1 aliphatic rings. The summed E-state index contributed by atoms with van der Waals surface area (Å²) < 4.78 is 0. The Morgan fingerprint density at radius 2 is 2.11 bits per heavy atom. The van der Waals surface area contributed by atoms with Crippen LogP contribution in [0.15, 0.2) is 12.4 Å². The fourth-order valence-electron chi connectivity index (χ4n) is 2.01. The predicted molar refractivity (Wildman–Crippen MR) is 74.7 cm³/mol. The molecule has 1 aliphatic carbocycles. The molecule has 0 aliphatic heterocycles. The summed E-state index contributed by atoms with van der Waals surface area (Å²) in [6.45, 7) is 8.37. The average molecular weight is 248 g/mol. The van der Waals surface area contributed by atoms with Crippen molar-refractivity contribution in [2.45, 2.75) is 58.7 Å². The van der Waals surface area contributed by atoms with Crippen molar-refractivity contribution in [2.24, 2.45) is 0 Å². The molecule has 0 saturated heterocycles. The number of hydrogen-bond donors (Lipinski definition) is 1. The van der Waals surface area contributed by atoms with E-state index >= 15 is 0 Å². The molecule has 100 valence electrons. The van der Waals surface area contributed by atoms with E-state index in [4.69, 9.17) is 0 Å². The van der Waals surface area contributed by atoms with Crippen LogP contribution in [0.25, 0.3) is 0 Å². The van der Waals surface area contributed by atoms with Crippen molar-refractivity contribution in [1.29, 1.82) is 0 Å². The minimum absolute atomic E-state index is 0.481. The summed E-state index contributed by atoms with van der Waals surface area (Å²) in [6.07, 6.45) is 7.59. The van der Waals surface area contributed by atoms with Crippen molar-refractivity contribution in [2.75, 3.05) is 11.4 Å². The molecule has 0 bridgehead atoms. The van der Waals surface area contributed by atoms with Gasteiger partial charge in [0.05, 0.1) is 18.1 Å². The van der Waals surface area contributed by atoms with Gasteiger partial charge in [-0.1, -0.05) is 20.8 Å². The van der Waals surface area contributed by atoms with Crippen molar-refractivity contribution in [1.82, 2.24) is 15.3 Å². The van der Waals surface area contributed by atoms with Gasteiger partial charge >= 0.3 is 0 Å². The first kappa shape index (κ1) is 13.3. The summed E-state index contributed by atoms with van der Waals surface area (Å²) in [5.74, 6) is 1.03. The molecule has 0 spiro atoms. The van der Waals surface area contributed by atoms with Gasteiger partial charge in [-0.3, -0.25) is 4.98 Å². The highest BCUT2D eigenvalue weighted by Crippen LogP contribution is 2.30. The Balaban J connectivity index is 1.96. The molecule has 2 rings (SSSR count). The molecule has 1 fully saturated rings. The van der Waals surface area contributed by atoms with Crippen LogP contribution in [0.1, 0.15) is 45.7 Å². The molecular weight excluding hydrogens is 224 g/mol. The lowest BCUT2D eigenvalue weighted by Crippen LogP contribution is -2.28. The molecule has 1 aromatic heterocycles. The molecule has 0 radical (unpaired) electrons. The average Bonchev–Trinajstić information content (AvgIpc) is 3.18. The smallest absolute Gasteiger partial charge is 0.147 e. The van der Waals surface area contributed by atoms with Gasteiger partial charge in [0.15, 0.2) is 0 Å². The number of rotatable bonds is 7. The highest BCUT2D eigenvalue weighted by atomic mass is 15.2. The van der Waals surface area contributed by atoms with Crippen LogP contribution in [0.3, 0.4) is 0 Å². The Labute approximate surface area is 110 Å². The van der Waals surface area contributed by atoms with Gasteiger partial charge in [-0.05, 0) is 19.3 Å². The van der Waals surface area contributed by atoms with Crippen molar-refractivity contribution in [3.05, 3.63) is 18.1 Å². The Morgan fingerprint density at radius 1 is 1.33 bits per heavy atom. The monoisotopic (exact) mass is 248 g/mol. The molecular formula is C14H24N4. The van der Waals surface area contributed by atoms with E-state index in [2.05, 4.69) is 41.0 Å². The van der Waals surface area contributed by atoms with Crippen molar-refractivity contribution >= 4 is 5.82 Å². The zero-order valence-corrected chi connectivity index (χ0v) is 11.7. The topological polar surface area (TPSA) is 41.1 Å². The Morgan fingerprint density at radius 3 is 2.61 bits per heavy atom. The van der Waals surface area contributed by atoms with Crippen LogP contribution in [-0.4, -0.2) is 28.6 Å². The maximum absolute atomic E-state index is 4.56. The zero-order valence-electron chi connectivity index (χ0n) is 11.7. The van der Waals surface area contributed by atoms with Gasteiger partial charge < -0.3 is 10.2 Å². The Hall–Kier alpha value is -1.16. The number of hydrogen-bond acceptors (Lipinski definition) is 4. The third kappa shape index (κ3) is 3.67. The highest BCUT2D eigenvalue weighted by Gasteiger charge is 2.29. The van der Waals surface area contributed by atoms with Crippen LogP contribution < -0.4 is 10.2 Å². The zero-order chi connectivity index (χ0) is 13.0. The van der Waals surface area contributed by atoms with Gasteiger partial charge in [-0.25, -0.2) is 4.98 Å². The first-order valence-corrected chi connectivity index (χ1v) is 7.01. The van der Waals surface area contributed by atoms with Crippen molar-refractivity contribution in [3.63, 3.8) is 0 Å². The number of anilines is 1. The van der Waals surface area contributed by atoms with Crippen molar-refractivity contribution < 1.29 is 0 Å². The lowest BCUT2D eigenvalue weighted by Gasteiger charge is -2.22. The van der Waals surface area contributed by atoms with Gasteiger partial charge in [0, 0.05) is 25.2 Å². The molecule has 1 heterocycles. The fourth-order valence-corrected chi connectivity index (χ4v) is 2.01. The maximum atomic E-state index is 4.56. The first-order chi connectivity index (χ1) is 8.70. The SMILES string of the molecule is CCCN(c1cnc(CNC(C)C)cn1)C1CC1. The maximum Gasteiger partial charge on any atom is 0.147 e. The van der Waals surface area contributed by atoms with Crippen LogP contribution in [0.2, 0.25) is 0 Å². The summed E-state index contributed by atoms with van der Waals surface area (Å²) in [5, 5.41) is 3.35. The largest absolute Gasteiger partial charge is 0.352 e. The van der Waals surface area contributed by atoms with Gasteiger partial charge in [-0.15, -0.1) is 0 Å². The fraction of sp³-hybridized carbons (Fsp3) is 0.714. The first-order valence-electron chi connectivity index (χ1n) is 7.01. The lowest BCUT2D eigenvalue weighted by molar-refractivity contribution is 0.580. The molecule has 0 amide bonds. The third-order valence-electron chi connectivity index (χ3n) is 3.13. The molecule has 0 atom stereocenters. The summed E-state index contributed by atoms with van der Waals surface area (Å²) >= 11 is 0. The van der Waals surface area contributed by atoms with Crippen LogP contribution in [0, 0.1) is 0 Å². The van der Waals surface area contributed by atoms with Gasteiger partial charge in [0.1, 0.15) is 5.82 Å². The second-order valence-electron chi connectivity index (χ2n) is 5.33. The second kappa shape index (κ2) is 6.14. The van der Waals surface area contributed by atoms with Crippen LogP contribution in [-0.2, 0) is 6.54 Å². The van der Waals surface area contributed by atoms with E-state index in [9.17, 15) is 0 Å². The molecule has 18 heavy (non-hydrogen) atoms. The highest BCUT2D eigenvalue weighted by molar-refractivity contribution is 5.39. The van der Waals surface area contributed by atoms with E-state index in [-0.39, 0.29) is 0 Å². The molecule has 1 N–H and O–H groups in total. The van der Waals surface area contributed by atoms with Crippen LogP contribution in [0.5, 0.6) is 0 Å². The molecule has 0 aromatic carbocycles. The second-order valence-corrected chi connectivity index (χ2v) is 5.33. The Kier molecular flexibility index (Phi) is 4.53. The quantitative estimate of drug-likeness (QED) is 0.804. The lowest BCUT2D eigenvalue weighted by atomic mass is 10.3. The number of nitrogens with one attached hydrogen (secondary N) is 1. The molecule has 1 aromatic rings. The summed E-state index contributed by atoms with van der Waals surface area (Å²) in [7, 11) is 0. The molecule has 1 saturated carbocycles. The van der Waals surface area contributed by atoms with E-state index in [0.717, 1.165) is 31.0 Å².